The lowest BCUT2D eigenvalue weighted by molar-refractivity contribution is -0.118. The van der Waals surface area contributed by atoms with Crippen molar-refractivity contribution >= 4 is 54.2 Å². The Morgan fingerprint density at radius 2 is 1.70 bits per heavy atom. The first-order valence-electron chi connectivity index (χ1n) is 6.99. The van der Waals surface area contributed by atoms with Gasteiger partial charge in [-0.3, -0.25) is 4.79 Å². The molecule has 0 atom stereocenters. The van der Waals surface area contributed by atoms with Gasteiger partial charge in [-0.15, -0.1) is 0 Å². The Kier molecular flexibility index (Phi) is 4.98. The van der Waals surface area contributed by atoms with E-state index in [9.17, 15) is 4.79 Å². The molecule has 0 aliphatic carbocycles. The molecule has 0 fully saturated rings. The van der Waals surface area contributed by atoms with Crippen LogP contribution in [0.25, 0.3) is 10.8 Å². The van der Waals surface area contributed by atoms with Gasteiger partial charge in [0.05, 0.1) is 4.47 Å². The number of benzene rings is 3. The van der Waals surface area contributed by atoms with Gasteiger partial charge in [0.15, 0.2) is 6.61 Å². The molecule has 0 radical (unpaired) electrons. The molecular formula is C18H13Br2NO2. The average Bonchev–Trinajstić information content (AvgIpc) is 2.57. The number of rotatable bonds is 4. The summed E-state index contributed by atoms with van der Waals surface area (Å²) in [5.74, 6) is 0.446. The zero-order chi connectivity index (χ0) is 16.2. The van der Waals surface area contributed by atoms with E-state index in [1.807, 2.05) is 60.7 Å². The fourth-order valence-electron chi connectivity index (χ4n) is 2.20. The topological polar surface area (TPSA) is 38.3 Å². The molecule has 0 aromatic heterocycles. The quantitative estimate of drug-likeness (QED) is 0.598. The smallest absolute Gasteiger partial charge is 0.262 e. The van der Waals surface area contributed by atoms with Crippen LogP contribution in [-0.4, -0.2) is 12.5 Å². The Morgan fingerprint density at radius 3 is 2.48 bits per heavy atom. The molecule has 0 heterocycles. The van der Waals surface area contributed by atoms with Crippen LogP contribution in [0.5, 0.6) is 5.75 Å². The van der Waals surface area contributed by atoms with Crippen LogP contribution in [-0.2, 0) is 4.79 Å². The lowest BCUT2D eigenvalue weighted by Crippen LogP contribution is -2.20. The number of anilines is 1. The summed E-state index contributed by atoms with van der Waals surface area (Å²) < 4.78 is 7.45. The van der Waals surface area contributed by atoms with Gasteiger partial charge < -0.3 is 10.1 Å². The van der Waals surface area contributed by atoms with E-state index in [1.165, 1.54) is 0 Å². The SMILES string of the molecule is O=C(COc1ccc2ccccc2c1Br)Nc1ccc(Br)cc1. The first-order valence-corrected chi connectivity index (χ1v) is 8.57. The van der Waals surface area contributed by atoms with Crippen molar-refractivity contribution in [1.29, 1.82) is 0 Å². The first-order chi connectivity index (χ1) is 11.1. The predicted molar refractivity (Wildman–Crippen MR) is 99.9 cm³/mol. The molecule has 0 saturated heterocycles. The van der Waals surface area contributed by atoms with Gasteiger partial charge in [0, 0.05) is 10.2 Å². The Labute approximate surface area is 150 Å². The highest BCUT2D eigenvalue weighted by atomic mass is 79.9. The third kappa shape index (κ3) is 3.92. The second-order valence-corrected chi connectivity index (χ2v) is 6.65. The molecule has 0 spiro atoms. The standard InChI is InChI=1S/C18H13Br2NO2/c19-13-6-8-14(9-7-13)21-17(22)11-23-16-10-5-12-3-1-2-4-15(12)18(16)20/h1-10H,11H2,(H,21,22). The minimum atomic E-state index is -0.201. The maximum atomic E-state index is 12.0. The van der Waals surface area contributed by atoms with Gasteiger partial charge in [-0.05, 0) is 57.0 Å². The van der Waals surface area contributed by atoms with Crippen molar-refractivity contribution in [2.45, 2.75) is 0 Å². The van der Waals surface area contributed by atoms with E-state index in [1.54, 1.807) is 0 Å². The minimum Gasteiger partial charge on any atom is -0.483 e. The van der Waals surface area contributed by atoms with Crippen molar-refractivity contribution in [3.8, 4) is 5.75 Å². The van der Waals surface area contributed by atoms with Crippen LogP contribution in [0, 0.1) is 0 Å². The molecule has 5 heteroatoms. The molecule has 3 rings (SSSR count). The predicted octanol–water partition coefficient (Wildman–Crippen LogP) is 5.38. The molecule has 3 aromatic carbocycles. The number of amides is 1. The van der Waals surface area contributed by atoms with E-state index in [0.717, 1.165) is 25.4 Å². The van der Waals surface area contributed by atoms with E-state index in [4.69, 9.17) is 4.74 Å². The van der Waals surface area contributed by atoms with Crippen LogP contribution < -0.4 is 10.1 Å². The third-order valence-corrected chi connectivity index (χ3v) is 4.66. The second kappa shape index (κ2) is 7.15. The number of halogens is 2. The van der Waals surface area contributed by atoms with Gasteiger partial charge >= 0.3 is 0 Å². The van der Waals surface area contributed by atoms with Crippen LogP contribution in [0.1, 0.15) is 0 Å². The van der Waals surface area contributed by atoms with E-state index in [2.05, 4.69) is 37.2 Å². The molecular weight excluding hydrogens is 422 g/mol. The van der Waals surface area contributed by atoms with Crippen LogP contribution >= 0.6 is 31.9 Å². The zero-order valence-corrected chi connectivity index (χ0v) is 15.2. The first kappa shape index (κ1) is 16.0. The number of nitrogens with one attached hydrogen (secondary N) is 1. The van der Waals surface area contributed by atoms with E-state index < -0.39 is 0 Å². The van der Waals surface area contributed by atoms with Crippen LogP contribution in [0.2, 0.25) is 0 Å². The summed E-state index contributed by atoms with van der Waals surface area (Å²) in [5, 5.41) is 4.97. The molecule has 0 aliphatic rings. The van der Waals surface area contributed by atoms with Crippen molar-refractivity contribution < 1.29 is 9.53 Å². The van der Waals surface area contributed by atoms with E-state index in [0.29, 0.717) is 5.75 Å². The number of hydrogen-bond acceptors (Lipinski definition) is 2. The fourth-order valence-corrected chi connectivity index (χ4v) is 3.07. The van der Waals surface area contributed by atoms with Gasteiger partial charge in [-0.2, -0.15) is 0 Å². The molecule has 1 N–H and O–H groups in total. The third-order valence-electron chi connectivity index (χ3n) is 3.31. The van der Waals surface area contributed by atoms with E-state index >= 15 is 0 Å². The van der Waals surface area contributed by atoms with Crippen molar-refractivity contribution in [3.05, 3.63) is 69.6 Å². The maximum absolute atomic E-state index is 12.0. The van der Waals surface area contributed by atoms with Crippen molar-refractivity contribution in [1.82, 2.24) is 0 Å². The summed E-state index contributed by atoms with van der Waals surface area (Å²) in [7, 11) is 0. The van der Waals surface area contributed by atoms with E-state index in [-0.39, 0.29) is 12.5 Å². The molecule has 1 amide bonds. The monoisotopic (exact) mass is 433 g/mol. The number of ether oxygens (including phenoxy) is 1. The van der Waals surface area contributed by atoms with Gasteiger partial charge in [0.2, 0.25) is 0 Å². The van der Waals surface area contributed by atoms with Crippen LogP contribution in [0.3, 0.4) is 0 Å². The largest absolute Gasteiger partial charge is 0.483 e. The Balaban J connectivity index is 1.67. The van der Waals surface area contributed by atoms with Crippen LogP contribution in [0.4, 0.5) is 5.69 Å². The molecule has 0 unspecified atom stereocenters. The Hall–Kier alpha value is -1.85. The lowest BCUT2D eigenvalue weighted by Gasteiger charge is -2.11. The van der Waals surface area contributed by atoms with Crippen molar-refractivity contribution in [2.75, 3.05) is 11.9 Å². The summed E-state index contributed by atoms with van der Waals surface area (Å²) in [6, 6.07) is 19.2. The van der Waals surface area contributed by atoms with Gasteiger partial charge in [-0.25, -0.2) is 0 Å². The molecule has 23 heavy (non-hydrogen) atoms. The van der Waals surface area contributed by atoms with Gasteiger partial charge in [0.25, 0.3) is 5.91 Å². The van der Waals surface area contributed by atoms with Crippen LogP contribution in [0.15, 0.2) is 69.6 Å². The highest BCUT2D eigenvalue weighted by molar-refractivity contribution is 9.11. The molecule has 116 valence electrons. The molecule has 3 nitrogen and oxygen atoms in total. The molecule has 0 bridgehead atoms. The summed E-state index contributed by atoms with van der Waals surface area (Å²) >= 11 is 6.90. The number of carbonyl (C=O) groups is 1. The van der Waals surface area contributed by atoms with Crippen molar-refractivity contribution in [2.24, 2.45) is 0 Å². The van der Waals surface area contributed by atoms with Gasteiger partial charge in [0.1, 0.15) is 5.75 Å². The number of carbonyl (C=O) groups excluding carboxylic acids is 1. The normalized spacial score (nSPS) is 10.5. The highest BCUT2D eigenvalue weighted by Gasteiger charge is 2.08. The van der Waals surface area contributed by atoms with Gasteiger partial charge in [-0.1, -0.05) is 46.3 Å². The summed E-state index contributed by atoms with van der Waals surface area (Å²) in [5.41, 5.74) is 0.736. The lowest BCUT2D eigenvalue weighted by atomic mass is 10.1. The molecule has 3 aromatic rings. The second-order valence-electron chi connectivity index (χ2n) is 4.94. The average molecular weight is 435 g/mol. The molecule has 0 saturated carbocycles. The summed E-state index contributed by atoms with van der Waals surface area (Å²) in [6.07, 6.45) is 0. The maximum Gasteiger partial charge on any atom is 0.262 e. The zero-order valence-electron chi connectivity index (χ0n) is 12.1. The number of hydrogen-bond donors (Lipinski definition) is 1. The van der Waals surface area contributed by atoms with Crippen molar-refractivity contribution in [3.63, 3.8) is 0 Å². The summed E-state index contributed by atoms with van der Waals surface area (Å²) in [6.45, 7) is -0.0486. The minimum absolute atomic E-state index is 0.0486. The highest BCUT2D eigenvalue weighted by Crippen LogP contribution is 2.33. The Bertz CT molecular complexity index is 847. The molecule has 0 aliphatic heterocycles. The fraction of sp³-hybridized carbons (Fsp3) is 0.0556. The summed E-state index contributed by atoms with van der Waals surface area (Å²) in [4.78, 5) is 12.0. The number of fused-ring (bicyclic) bond motifs is 1. The Morgan fingerprint density at radius 1 is 0.957 bits per heavy atom.